The minimum absolute atomic E-state index is 0.0595. The fourth-order valence-electron chi connectivity index (χ4n) is 2.86. The van der Waals surface area contributed by atoms with Crippen LogP contribution < -0.4 is 14.8 Å². The van der Waals surface area contributed by atoms with E-state index < -0.39 is 23.8 Å². The second-order valence-electron chi connectivity index (χ2n) is 6.54. The molecule has 0 aromatic heterocycles. The summed E-state index contributed by atoms with van der Waals surface area (Å²) in [5, 5.41) is 2.67. The second-order valence-corrected chi connectivity index (χ2v) is 6.54. The molecule has 0 bridgehead atoms. The first-order valence-electron chi connectivity index (χ1n) is 9.53. The van der Waals surface area contributed by atoms with Gasteiger partial charge in [0, 0.05) is 6.54 Å². The first-order chi connectivity index (χ1) is 15.3. The van der Waals surface area contributed by atoms with Gasteiger partial charge in [0.1, 0.15) is 13.2 Å². The van der Waals surface area contributed by atoms with Crippen molar-refractivity contribution >= 4 is 5.91 Å². The molecule has 0 heterocycles. The minimum atomic E-state index is -4.54. The average Bonchev–Trinajstić information content (AvgIpc) is 2.78. The summed E-state index contributed by atoms with van der Waals surface area (Å²) in [7, 11) is 1.49. The lowest BCUT2D eigenvalue weighted by atomic mass is 10.0. The van der Waals surface area contributed by atoms with Crippen molar-refractivity contribution in [3.8, 4) is 36.2 Å². The SMILES string of the molecule is C#CCOc1ccc(CCNC(=O)C(OCC#C)c2cccc(C(F)(F)F)c2)cc1OC. The number of halogens is 3. The standard InChI is InChI=1S/C24H22F3NO4/c1-4-13-31-20-10-9-17(15-21(20)30-3)11-12-28-23(29)22(32-14-5-2)18-7-6-8-19(16-18)24(25,26)27/h1-2,6-10,15-16,22H,11-14H2,3H3,(H,28,29). The molecule has 0 aliphatic carbocycles. The van der Waals surface area contributed by atoms with E-state index >= 15 is 0 Å². The molecule has 0 saturated carbocycles. The van der Waals surface area contributed by atoms with Crippen LogP contribution in [0.3, 0.4) is 0 Å². The smallest absolute Gasteiger partial charge is 0.416 e. The third kappa shape index (κ3) is 6.97. The summed E-state index contributed by atoms with van der Waals surface area (Å²) in [6.07, 6.45) is 4.98. The van der Waals surface area contributed by atoms with Crippen LogP contribution in [0.2, 0.25) is 0 Å². The van der Waals surface area contributed by atoms with Crippen LogP contribution in [-0.2, 0) is 22.1 Å². The maximum atomic E-state index is 13.0. The van der Waals surface area contributed by atoms with E-state index in [0.29, 0.717) is 17.9 Å². The molecule has 5 nitrogen and oxygen atoms in total. The zero-order valence-electron chi connectivity index (χ0n) is 17.4. The molecule has 32 heavy (non-hydrogen) atoms. The quantitative estimate of drug-likeness (QED) is 0.566. The number of methoxy groups -OCH3 is 1. The van der Waals surface area contributed by atoms with Crippen LogP contribution >= 0.6 is 0 Å². The molecule has 1 N–H and O–H groups in total. The minimum Gasteiger partial charge on any atom is -0.493 e. The zero-order chi connectivity index (χ0) is 23.6. The van der Waals surface area contributed by atoms with Crippen LogP contribution in [0.4, 0.5) is 13.2 Å². The van der Waals surface area contributed by atoms with E-state index in [2.05, 4.69) is 17.2 Å². The van der Waals surface area contributed by atoms with Gasteiger partial charge in [-0.2, -0.15) is 13.2 Å². The summed E-state index contributed by atoms with van der Waals surface area (Å²) in [5.41, 5.74) is 0.0241. The van der Waals surface area contributed by atoms with Crippen molar-refractivity contribution in [1.29, 1.82) is 0 Å². The molecule has 8 heteroatoms. The number of amides is 1. The van der Waals surface area contributed by atoms with E-state index in [-0.39, 0.29) is 25.3 Å². The normalized spacial score (nSPS) is 11.7. The Morgan fingerprint density at radius 3 is 2.50 bits per heavy atom. The predicted octanol–water partition coefficient (Wildman–Crippen LogP) is 3.78. The summed E-state index contributed by atoms with van der Waals surface area (Å²) < 4.78 is 55.1. The Morgan fingerprint density at radius 2 is 1.84 bits per heavy atom. The van der Waals surface area contributed by atoms with Gasteiger partial charge >= 0.3 is 6.18 Å². The topological polar surface area (TPSA) is 56.8 Å². The van der Waals surface area contributed by atoms with Gasteiger partial charge in [0.05, 0.1) is 12.7 Å². The van der Waals surface area contributed by atoms with Gasteiger partial charge < -0.3 is 19.5 Å². The average molecular weight is 445 g/mol. The van der Waals surface area contributed by atoms with Crippen LogP contribution in [0.5, 0.6) is 11.5 Å². The van der Waals surface area contributed by atoms with E-state index in [4.69, 9.17) is 27.1 Å². The molecule has 0 spiro atoms. The predicted molar refractivity (Wildman–Crippen MR) is 113 cm³/mol. The molecular weight excluding hydrogens is 423 g/mol. The highest BCUT2D eigenvalue weighted by Crippen LogP contribution is 2.31. The Bertz CT molecular complexity index is 1010. The zero-order valence-corrected chi connectivity index (χ0v) is 17.4. The molecular formula is C24H22F3NO4. The van der Waals surface area contributed by atoms with Crippen molar-refractivity contribution < 1.29 is 32.2 Å². The van der Waals surface area contributed by atoms with Gasteiger partial charge in [-0.1, -0.05) is 30.0 Å². The lowest BCUT2D eigenvalue weighted by Gasteiger charge is -2.18. The van der Waals surface area contributed by atoms with Crippen molar-refractivity contribution in [3.63, 3.8) is 0 Å². The van der Waals surface area contributed by atoms with Crippen LogP contribution in [0, 0.1) is 24.7 Å². The first-order valence-corrected chi connectivity index (χ1v) is 9.53. The number of hydrogen-bond acceptors (Lipinski definition) is 4. The van der Waals surface area contributed by atoms with E-state index in [1.807, 2.05) is 0 Å². The first kappa shape index (κ1) is 24.6. The molecule has 0 radical (unpaired) electrons. The van der Waals surface area contributed by atoms with Crippen LogP contribution in [0.15, 0.2) is 42.5 Å². The monoisotopic (exact) mass is 445 g/mol. The summed E-state index contributed by atoms with van der Waals surface area (Å²) in [4.78, 5) is 12.6. The Kier molecular flexibility index (Phi) is 9.00. The Balaban J connectivity index is 2.07. The highest BCUT2D eigenvalue weighted by Gasteiger charge is 2.32. The van der Waals surface area contributed by atoms with Crippen molar-refractivity contribution in [3.05, 3.63) is 59.2 Å². The van der Waals surface area contributed by atoms with E-state index in [1.165, 1.54) is 19.2 Å². The maximum Gasteiger partial charge on any atom is 0.416 e. The summed E-state index contributed by atoms with van der Waals surface area (Å²) >= 11 is 0. The Labute approximate surface area is 184 Å². The molecule has 0 aliphatic heterocycles. The summed E-state index contributed by atoms with van der Waals surface area (Å²) in [6.45, 7) is 0.0758. The van der Waals surface area contributed by atoms with Gasteiger partial charge in [-0.15, -0.1) is 12.8 Å². The maximum absolute atomic E-state index is 13.0. The summed E-state index contributed by atoms with van der Waals surface area (Å²) in [6, 6.07) is 9.64. The lowest BCUT2D eigenvalue weighted by molar-refractivity contribution is -0.138. The number of terminal acetylenes is 2. The molecule has 1 atom stereocenters. The third-order valence-electron chi connectivity index (χ3n) is 4.34. The van der Waals surface area contributed by atoms with Crippen molar-refractivity contribution in [2.24, 2.45) is 0 Å². The van der Waals surface area contributed by atoms with Crippen molar-refractivity contribution in [2.45, 2.75) is 18.7 Å². The van der Waals surface area contributed by atoms with Crippen LogP contribution in [0.1, 0.15) is 22.8 Å². The van der Waals surface area contributed by atoms with Gasteiger partial charge in [-0.25, -0.2) is 0 Å². The number of ether oxygens (including phenoxy) is 3. The van der Waals surface area contributed by atoms with Gasteiger partial charge in [0.2, 0.25) is 0 Å². The van der Waals surface area contributed by atoms with E-state index in [1.54, 1.807) is 18.2 Å². The van der Waals surface area contributed by atoms with Crippen LogP contribution in [-0.4, -0.2) is 32.8 Å². The van der Waals surface area contributed by atoms with E-state index in [9.17, 15) is 18.0 Å². The molecule has 2 aromatic carbocycles. The number of carbonyl (C=O) groups excluding carboxylic acids is 1. The molecule has 2 rings (SSSR count). The van der Waals surface area contributed by atoms with Gasteiger partial charge in [-0.05, 0) is 41.8 Å². The molecule has 168 valence electrons. The highest BCUT2D eigenvalue weighted by atomic mass is 19.4. The largest absolute Gasteiger partial charge is 0.493 e. The summed E-state index contributed by atoms with van der Waals surface area (Å²) in [5.74, 6) is 4.97. The number of alkyl halides is 3. The number of carbonyl (C=O) groups is 1. The highest BCUT2D eigenvalue weighted by molar-refractivity contribution is 5.82. The Morgan fingerprint density at radius 1 is 1.09 bits per heavy atom. The van der Waals surface area contributed by atoms with Gasteiger partial charge in [0.25, 0.3) is 5.91 Å². The second kappa shape index (κ2) is 11.7. The Hall–Kier alpha value is -3.62. The fourth-order valence-corrected chi connectivity index (χ4v) is 2.86. The molecule has 0 fully saturated rings. The van der Waals surface area contributed by atoms with Gasteiger partial charge in [-0.3, -0.25) is 4.79 Å². The van der Waals surface area contributed by atoms with Gasteiger partial charge in [0.15, 0.2) is 17.6 Å². The number of hydrogen-bond donors (Lipinski definition) is 1. The molecule has 2 aromatic rings. The lowest BCUT2D eigenvalue weighted by Crippen LogP contribution is -2.32. The van der Waals surface area contributed by atoms with E-state index in [0.717, 1.165) is 17.7 Å². The number of benzene rings is 2. The third-order valence-corrected chi connectivity index (χ3v) is 4.34. The van der Waals surface area contributed by atoms with Crippen molar-refractivity contribution in [1.82, 2.24) is 5.32 Å². The molecule has 1 amide bonds. The molecule has 0 saturated heterocycles. The molecule has 1 unspecified atom stereocenters. The fraction of sp³-hybridized carbons (Fsp3) is 0.292. The number of rotatable bonds is 10. The van der Waals surface area contributed by atoms with Crippen LogP contribution in [0.25, 0.3) is 0 Å². The number of nitrogens with one attached hydrogen (secondary N) is 1. The molecule has 0 aliphatic rings. The van der Waals surface area contributed by atoms with Crippen molar-refractivity contribution in [2.75, 3.05) is 26.9 Å².